The Morgan fingerprint density at radius 1 is 0.850 bits per heavy atom. The van der Waals surface area contributed by atoms with Crippen molar-refractivity contribution in [3.63, 3.8) is 0 Å². The molecule has 0 saturated carbocycles. The summed E-state index contributed by atoms with van der Waals surface area (Å²) in [6, 6.07) is 11.0. The van der Waals surface area contributed by atoms with Gasteiger partial charge in [0, 0.05) is 11.6 Å². The van der Waals surface area contributed by atoms with Crippen molar-refractivity contribution in [3.8, 4) is 11.5 Å². The van der Waals surface area contributed by atoms with Crippen LogP contribution in [-0.4, -0.2) is 15.2 Å². The van der Waals surface area contributed by atoms with Gasteiger partial charge in [0.15, 0.2) is 0 Å². The van der Waals surface area contributed by atoms with Crippen molar-refractivity contribution in [2.45, 2.75) is 38.5 Å². The topological polar surface area (TPSA) is 53.4 Å². The quantitative estimate of drug-likeness (QED) is 0.857. The Labute approximate surface area is 119 Å². The van der Waals surface area contributed by atoms with Crippen molar-refractivity contribution in [3.05, 3.63) is 53.9 Å². The lowest BCUT2D eigenvalue weighted by molar-refractivity contribution is 0.464. The fourth-order valence-electron chi connectivity index (χ4n) is 2.79. The zero-order chi connectivity index (χ0) is 14.5. The van der Waals surface area contributed by atoms with Gasteiger partial charge < -0.3 is 10.2 Å². The average molecular weight is 271 g/mol. The third-order valence-electron chi connectivity index (χ3n) is 3.84. The lowest BCUT2D eigenvalue weighted by atomic mass is 9.80. The number of hydrogen-bond donors (Lipinski definition) is 2. The standard InChI is InChI=1S/C17H21NO2/c1-3-15(12-5-7-13(19)8-6-12)16(4-2)17-10-9-14(20)11-18-17/h5-11,15-16,19-20H,3-4H2,1-2H3/t15-,16-/m0/s1. The number of aromatic nitrogens is 1. The van der Waals surface area contributed by atoms with Crippen molar-refractivity contribution < 1.29 is 10.2 Å². The van der Waals surface area contributed by atoms with E-state index in [1.807, 2.05) is 18.2 Å². The van der Waals surface area contributed by atoms with Crippen molar-refractivity contribution in [1.82, 2.24) is 4.98 Å². The van der Waals surface area contributed by atoms with Crippen LogP contribution in [0.15, 0.2) is 42.6 Å². The molecule has 0 aliphatic rings. The van der Waals surface area contributed by atoms with Crippen LogP contribution >= 0.6 is 0 Å². The molecule has 0 aliphatic carbocycles. The van der Waals surface area contributed by atoms with Crippen molar-refractivity contribution in [2.75, 3.05) is 0 Å². The molecular formula is C17H21NO2. The Bertz CT molecular complexity index is 482. The van der Waals surface area contributed by atoms with Crippen molar-refractivity contribution in [2.24, 2.45) is 0 Å². The minimum Gasteiger partial charge on any atom is -0.508 e. The molecule has 2 rings (SSSR count). The zero-order valence-electron chi connectivity index (χ0n) is 12.0. The molecule has 0 radical (unpaired) electrons. The SMILES string of the molecule is CC[C@H](c1ccc(O)cn1)[C@@H](CC)c1ccc(O)cc1. The van der Waals surface area contributed by atoms with Crippen LogP contribution in [0.3, 0.4) is 0 Å². The highest BCUT2D eigenvalue weighted by molar-refractivity contribution is 5.31. The first-order valence-electron chi connectivity index (χ1n) is 7.09. The van der Waals surface area contributed by atoms with Crippen LogP contribution < -0.4 is 0 Å². The molecule has 3 nitrogen and oxygen atoms in total. The number of phenolic OH excluding ortho intramolecular Hbond substituents is 1. The van der Waals surface area contributed by atoms with Crippen LogP contribution in [0.2, 0.25) is 0 Å². The highest BCUT2D eigenvalue weighted by Crippen LogP contribution is 2.37. The van der Waals surface area contributed by atoms with Crippen LogP contribution in [0.1, 0.15) is 49.8 Å². The number of benzene rings is 1. The highest BCUT2D eigenvalue weighted by atomic mass is 16.3. The van der Waals surface area contributed by atoms with Crippen molar-refractivity contribution >= 4 is 0 Å². The van der Waals surface area contributed by atoms with Crippen LogP contribution in [0.4, 0.5) is 0 Å². The number of aromatic hydroxyl groups is 2. The number of rotatable bonds is 5. The van der Waals surface area contributed by atoms with Crippen LogP contribution in [0.25, 0.3) is 0 Å². The summed E-state index contributed by atoms with van der Waals surface area (Å²) >= 11 is 0. The zero-order valence-corrected chi connectivity index (χ0v) is 12.0. The maximum Gasteiger partial charge on any atom is 0.133 e. The van der Waals surface area contributed by atoms with Crippen LogP contribution in [-0.2, 0) is 0 Å². The first kappa shape index (κ1) is 14.4. The van der Waals surface area contributed by atoms with E-state index in [-0.39, 0.29) is 5.75 Å². The van der Waals surface area contributed by atoms with Gasteiger partial charge in [0.2, 0.25) is 0 Å². The van der Waals surface area contributed by atoms with E-state index >= 15 is 0 Å². The molecule has 0 aliphatic heterocycles. The molecule has 1 aromatic carbocycles. The normalized spacial score (nSPS) is 13.9. The molecule has 1 aromatic heterocycles. The van der Waals surface area contributed by atoms with Gasteiger partial charge >= 0.3 is 0 Å². The van der Waals surface area contributed by atoms with E-state index < -0.39 is 0 Å². The van der Waals surface area contributed by atoms with Crippen molar-refractivity contribution in [1.29, 1.82) is 0 Å². The molecule has 20 heavy (non-hydrogen) atoms. The third kappa shape index (κ3) is 3.10. The Morgan fingerprint density at radius 3 is 1.95 bits per heavy atom. The molecule has 106 valence electrons. The smallest absolute Gasteiger partial charge is 0.133 e. The minimum absolute atomic E-state index is 0.196. The largest absolute Gasteiger partial charge is 0.508 e. The Balaban J connectivity index is 2.32. The minimum atomic E-state index is 0.196. The molecule has 2 N–H and O–H groups in total. The molecule has 2 atom stereocenters. The summed E-state index contributed by atoms with van der Waals surface area (Å²) in [5, 5.41) is 18.8. The van der Waals surface area contributed by atoms with E-state index in [9.17, 15) is 10.2 Å². The number of nitrogens with zero attached hydrogens (tertiary/aromatic N) is 1. The van der Waals surface area contributed by atoms with E-state index in [4.69, 9.17) is 0 Å². The monoisotopic (exact) mass is 271 g/mol. The van der Waals surface area contributed by atoms with E-state index in [2.05, 4.69) is 18.8 Å². The van der Waals surface area contributed by atoms with Gasteiger partial charge in [-0.1, -0.05) is 26.0 Å². The molecule has 0 saturated heterocycles. The Hall–Kier alpha value is -2.03. The summed E-state index contributed by atoms with van der Waals surface area (Å²) in [5.41, 5.74) is 2.22. The van der Waals surface area contributed by atoms with E-state index in [0.29, 0.717) is 17.6 Å². The highest BCUT2D eigenvalue weighted by Gasteiger charge is 2.23. The number of pyridine rings is 1. The Morgan fingerprint density at radius 2 is 1.45 bits per heavy atom. The van der Waals surface area contributed by atoms with Gasteiger partial charge in [-0.05, 0) is 48.6 Å². The van der Waals surface area contributed by atoms with Gasteiger partial charge in [-0.15, -0.1) is 0 Å². The molecule has 0 amide bonds. The number of phenols is 1. The van der Waals surface area contributed by atoms with Gasteiger partial charge in [0.05, 0.1) is 6.20 Å². The molecule has 0 unspecified atom stereocenters. The molecule has 2 aromatic rings. The molecule has 3 heteroatoms. The summed E-state index contributed by atoms with van der Waals surface area (Å²) in [5.74, 6) is 1.16. The molecule has 1 heterocycles. The van der Waals surface area contributed by atoms with E-state index in [1.54, 1.807) is 18.2 Å². The lowest BCUT2D eigenvalue weighted by Gasteiger charge is -2.25. The van der Waals surface area contributed by atoms with Gasteiger partial charge in [-0.2, -0.15) is 0 Å². The second kappa shape index (κ2) is 6.42. The maximum absolute atomic E-state index is 9.41. The number of hydrogen-bond acceptors (Lipinski definition) is 3. The summed E-state index contributed by atoms with van der Waals surface area (Å²) in [4.78, 5) is 4.36. The maximum atomic E-state index is 9.41. The fraction of sp³-hybridized carbons (Fsp3) is 0.353. The van der Waals surface area contributed by atoms with E-state index in [0.717, 1.165) is 18.5 Å². The first-order chi connectivity index (χ1) is 9.65. The van der Waals surface area contributed by atoms with Gasteiger partial charge in [0.1, 0.15) is 11.5 Å². The second-order valence-corrected chi connectivity index (χ2v) is 5.06. The first-order valence-corrected chi connectivity index (χ1v) is 7.09. The molecule has 0 fully saturated rings. The summed E-state index contributed by atoms with van der Waals surface area (Å²) in [6.45, 7) is 4.32. The van der Waals surface area contributed by atoms with Gasteiger partial charge in [-0.25, -0.2) is 0 Å². The van der Waals surface area contributed by atoms with Gasteiger partial charge in [0.25, 0.3) is 0 Å². The predicted molar refractivity (Wildman–Crippen MR) is 80.1 cm³/mol. The Kier molecular flexibility index (Phi) is 4.61. The van der Waals surface area contributed by atoms with Crippen LogP contribution in [0.5, 0.6) is 11.5 Å². The molecule has 0 spiro atoms. The molecular weight excluding hydrogens is 250 g/mol. The van der Waals surface area contributed by atoms with E-state index in [1.165, 1.54) is 11.8 Å². The average Bonchev–Trinajstić information content (AvgIpc) is 2.47. The lowest BCUT2D eigenvalue weighted by Crippen LogP contribution is -2.11. The fourth-order valence-corrected chi connectivity index (χ4v) is 2.79. The predicted octanol–water partition coefficient (Wildman–Crippen LogP) is 4.18. The van der Waals surface area contributed by atoms with Gasteiger partial charge in [-0.3, -0.25) is 4.98 Å². The summed E-state index contributed by atoms with van der Waals surface area (Å²) in [6.07, 6.45) is 3.49. The third-order valence-corrected chi connectivity index (χ3v) is 3.84. The summed E-state index contributed by atoms with van der Waals surface area (Å²) in [7, 11) is 0. The second-order valence-electron chi connectivity index (χ2n) is 5.06. The summed E-state index contributed by atoms with van der Waals surface area (Å²) < 4.78 is 0. The van der Waals surface area contributed by atoms with Crippen LogP contribution in [0, 0.1) is 0 Å². The molecule has 0 bridgehead atoms.